The summed E-state index contributed by atoms with van der Waals surface area (Å²) < 4.78 is 21.7. The van der Waals surface area contributed by atoms with Gasteiger partial charge in [-0.15, -0.1) is 11.8 Å². The van der Waals surface area contributed by atoms with E-state index in [9.17, 15) is 4.57 Å². The van der Waals surface area contributed by atoms with E-state index >= 15 is 0 Å². The molecule has 0 aromatic heterocycles. The molecule has 0 saturated carbocycles. The van der Waals surface area contributed by atoms with Gasteiger partial charge in [0.1, 0.15) is 0 Å². The van der Waals surface area contributed by atoms with Crippen LogP contribution >= 0.6 is 29.9 Å². The molecule has 16 heavy (non-hydrogen) atoms. The van der Waals surface area contributed by atoms with E-state index in [0.29, 0.717) is 0 Å². The van der Waals surface area contributed by atoms with E-state index in [1.807, 2.05) is 31.4 Å². The predicted molar refractivity (Wildman–Crippen MR) is 70.4 cm³/mol. The first kappa shape index (κ1) is 14.1. The summed E-state index contributed by atoms with van der Waals surface area (Å²) in [5.41, 5.74) is 1.16. The fraction of sp³-hybridized carbons (Fsp3) is 0.400. The molecule has 90 valence electrons. The summed E-state index contributed by atoms with van der Waals surface area (Å²) in [6.07, 6.45) is 2.03. The quantitative estimate of drug-likeness (QED) is 0.595. The van der Waals surface area contributed by atoms with E-state index in [1.54, 1.807) is 11.8 Å². The van der Waals surface area contributed by atoms with Crippen LogP contribution < -0.4 is 0 Å². The molecule has 0 atom stereocenters. The van der Waals surface area contributed by atoms with Crippen molar-refractivity contribution in [1.29, 1.82) is 0 Å². The number of hydrogen-bond acceptors (Lipinski definition) is 5. The summed E-state index contributed by atoms with van der Waals surface area (Å²) in [7, 11) is 2.78. The lowest BCUT2D eigenvalue weighted by Crippen LogP contribution is -1.85. The van der Waals surface area contributed by atoms with Crippen LogP contribution in [0.25, 0.3) is 0 Å². The first-order valence-corrected chi connectivity index (χ1v) is 8.79. The van der Waals surface area contributed by atoms with Gasteiger partial charge in [0.15, 0.2) is 0 Å². The van der Waals surface area contributed by atoms with Crippen LogP contribution in [-0.2, 0) is 13.6 Å². The molecule has 0 amide bonds. The molecule has 1 rings (SSSR count). The summed E-state index contributed by atoms with van der Waals surface area (Å²) in [4.78, 5) is 2.11. The Morgan fingerprint density at radius 1 is 1.25 bits per heavy atom. The minimum Gasteiger partial charge on any atom is -0.304 e. The van der Waals surface area contributed by atoms with Gasteiger partial charge in [0.05, 0.1) is 0 Å². The second-order valence-corrected chi connectivity index (χ2v) is 8.05. The number of rotatable bonds is 5. The third-order valence-electron chi connectivity index (χ3n) is 2.03. The maximum absolute atomic E-state index is 11.9. The normalized spacial score (nSPS) is 11.8. The van der Waals surface area contributed by atoms with Gasteiger partial charge in [0.25, 0.3) is 0 Å². The van der Waals surface area contributed by atoms with Gasteiger partial charge in [-0.2, -0.15) is 0 Å². The first-order chi connectivity index (χ1) is 7.54. The van der Waals surface area contributed by atoms with E-state index in [2.05, 4.69) is 0 Å². The van der Waals surface area contributed by atoms with Gasteiger partial charge in [-0.1, -0.05) is 0 Å². The minimum atomic E-state index is -3.04. The van der Waals surface area contributed by atoms with Crippen LogP contribution in [0.3, 0.4) is 0 Å². The molecular formula is C10H15O3PS2. The van der Waals surface area contributed by atoms with Crippen molar-refractivity contribution < 1.29 is 13.6 Å². The van der Waals surface area contributed by atoms with Gasteiger partial charge in [0.2, 0.25) is 0 Å². The maximum Gasteiger partial charge on any atom is 0.393 e. The Balaban J connectivity index is 2.91. The fourth-order valence-corrected chi connectivity index (χ4v) is 4.25. The monoisotopic (exact) mass is 278 g/mol. The zero-order valence-corrected chi connectivity index (χ0v) is 12.2. The number of thioether (sulfide) groups is 1. The van der Waals surface area contributed by atoms with Crippen molar-refractivity contribution in [3.8, 4) is 0 Å². The van der Waals surface area contributed by atoms with Crippen LogP contribution in [0.2, 0.25) is 0 Å². The van der Waals surface area contributed by atoms with Crippen molar-refractivity contribution in [1.82, 2.24) is 0 Å². The zero-order valence-electron chi connectivity index (χ0n) is 9.72. The molecule has 0 spiro atoms. The molecular weight excluding hydrogens is 263 g/mol. The Morgan fingerprint density at radius 2 is 1.88 bits per heavy atom. The lowest BCUT2D eigenvalue weighted by Gasteiger charge is -2.13. The topological polar surface area (TPSA) is 35.5 Å². The average molecular weight is 278 g/mol. The molecule has 0 aliphatic heterocycles. The molecule has 0 bridgehead atoms. The van der Waals surface area contributed by atoms with Gasteiger partial charge in [-0.05, 0) is 48.3 Å². The molecule has 6 heteroatoms. The second-order valence-electron chi connectivity index (χ2n) is 3.04. The molecule has 0 fully saturated rings. The summed E-state index contributed by atoms with van der Waals surface area (Å²) in [6, 6.07) is 5.92. The molecule has 0 unspecified atom stereocenters. The van der Waals surface area contributed by atoms with E-state index in [1.165, 1.54) is 19.1 Å². The van der Waals surface area contributed by atoms with E-state index in [-0.39, 0.29) is 0 Å². The van der Waals surface area contributed by atoms with Gasteiger partial charge in [-0.3, -0.25) is 0 Å². The Kier molecular flexibility index (Phi) is 5.41. The van der Waals surface area contributed by atoms with Crippen molar-refractivity contribution in [3.63, 3.8) is 0 Å². The van der Waals surface area contributed by atoms with Gasteiger partial charge in [0, 0.05) is 24.0 Å². The fourth-order valence-electron chi connectivity index (χ4n) is 1.19. The smallest absolute Gasteiger partial charge is 0.304 e. The van der Waals surface area contributed by atoms with Crippen LogP contribution in [0, 0.1) is 6.92 Å². The summed E-state index contributed by atoms with van der Waals surface area (Å²) in [6.45, 7) is -1.01. The summed E-state index contributed by atoms with van der Waals surface area (Å²) in [5, 5.41) is 0. The standard InChI is InChI=1S/C10H15O3PS2/c1-8-7-9(5-6-10(8)15-4)16-14(11,12-2)13-3/h5-7H,1-4H3. The number of aryl methyl sites for hydroxylation is 1. The highest BCUT2D eigenvalue weighted by molar-refractivity contribution is 8.55. The Labute approximate surface area is 105 Å². The SMILES string of the molecule is COP(=O)(OC)Sc1ccc(SC)c(C)c1. The van der Waals surface area contributed by atoms with Gasteiger partial charge in [-0.25, -0.2) is 4.57 Å². The Bertz CT molecular complexity index is 401. The lowest BCUT2D eigenvalue weighted by molar-refractivity contribution is 0.295. The predicted octanol–water partition coefficient (Wildman–Crippen LogP) is 4.21. The number of hydrogen-bond donors (Lipinski definition) is 0. The summed E-state index contributed by atoms with van der Waals surface area (Å²) in [5.74, 6) is 0. The first-order valence-electron chi connectivity index (χ1n) is 4.60. The van der Waals surface area contributed by atoms with Crippen molar-refractivity contribution in [3.05, 3.63) is 23.8 Å². The molecule has 0 heterocycles. The molecule has 0 aliphatic carbocycles. The molecule has 1 aromatic rings. The molecule has 0 radical (unpaired) electrons. The third kappa shape index (κ3) is 3.54. The highest BCUT2D eigenvalue weighted by atomic mass is 32.7. The number of benzene rings is 1. The average Bonchev–Trinajstić information content (AvgIpc) is 2.29. The van der Waals surface area contributed by atoms with Crippen LogP contribution in [0.4, 0.5) is 0 Å². The van der Waals surface area contributed by atoms with Crippen molar-refractivity contribution in [2.75, 3.05) is 20.5 Å². The van der Waals surface area contributed by atoms with Crippen LogP contribution in [-0.4, -0.2) is 20.5 Å². The van der Waals surface area contributed by atoms with Crippen molar-refractivity contribution in [2.24, 2.45) is 0 Å². The van der Waals surface area contributed by atoms with Gasteiger partial charge >= 0.3 is 6.80 Å². The highest BCUT2D eigenvalue weighted by Crippen LogP contribution is 2.62. The molecule has 0 N–H and O–H groups in total. The molecule has 0 aliphatic rings. The third-order valence-corrected chi connectivity index (χ3v) is 6.71. The minimum absolute atomic E-state index is 0.891. The van der Waals surface area contributed by atoms with Crippen LogP contribution in [0.5, 0.6) is 0 Å². The maximum atomic E-state index is 11.9. The van der Waals surface area contributed by atoms with Gasteiger partial charge < -0.3 is 9.05 Å². The largest absolute Gasteiger partial charge is 0.393 e. The highest BCUT2D eigenvalue weighted by Gasteiger charge is 2.23. The second kappa shape index (κ2) is 6.12. The molecule has 1 aromatic carbocycles. The molecule has 0 saturated heterocycles. The van der Waals surface area contributed by atoms with Crippen LogP contribution in [0.1, 0.15) is 5.56 Å². The van der Waals surface area contributed by atoms with Crippen molar-refractivity contribution in [2.45, 2.75) is 16.7 Å². The van der Waals surface area contributed by atoms with E-state index in [4.69, 9.17) is 9.05 Å². The molecule has 3 nitrogen and oxygen atoms in total. The lowest BCUT2D eigenvalue weighted by atomic mass is 10.2. The van der Waals surface area contributed by atoms with E-state index < -0.39 is 6.80 Å². The summed E-state index contributed by atoms with van der Waals surface area (Å²) >= 11 is 2.82. The zero-order chi connectivity index (χ0) is 12.2. The Hall–Kier alpha value is 0.0700. The van der Waals surface area contributed by atoms with Crippen LogP contribution in [0.15, 0.2) is 28.0 Å². The van der Waals surface area contributed by atoms with E-state index in [0.717, 1.165) is 21.8 Å². The Morgan fingerprint density at radius 3 is 2.31 bits per heavy atom. The van der Waals surface area contributed by atoms with Crippen molar-refractivity contribution >= 4 is 29.9 Å².